The lowest BCUT2D eigenvalue weighted by Crippen LogP contribution is -2.18. The number of rotatable bonds is 6. The first kappa shape index (κ1) is 17.1. The number of carbonyl (C=O) groups is 1. The minimum Gasteiger partial charge on any atom is -0.479 e. The molecule has 0 aliphatic heterocycles. The number of hydrogen-bond donors (Lipinski definition) is 0. The van der Waals surface area contributed by atoms with Gasteiger partial charge in [-0.15, -0.1) is 0 Å². The second kappa shape index (κ2) is 7.75. The molecule has 0 aliphatic rings. The van der Waals surface area contributed by atoms with E-state index in [0.717, 1.165) is 17.3 Å². The topological polar surface area (TPSA) is 60.4 Å². The molecule has 4 nitrogen and oxygen atoms in total. The molecular formula is C13H16O4S3. The van der Waals surface area contributed by atoms with E-state index in [1.54, 1.807) is 19.1 Å². The molecule has 0 radical (unpaired) electrons. The zero-order valence-corrected chi connectivity index (χ0v) is 13.7. The number of Topliss-reactive ketones (excluding diaryl/α,β-unsaturated/α-hetero) is 1. The smallest absolute Gasteiger partial charge is 0.220 e. The molecule has 0 aromatic heterocycles. The number of carbonyl (C=O) groups excluding carboxylic acids is 1. The zero-order valence-electron chi connectivity index (χ0n) is 11.3. The van der Waals surface area contributed by atoms with Gasteiger partial charge in [0, 0.05) is 0 Å². The summed E-state index contributed by atoms with van der Waals surface area (Å²) in [4.78, 5) is 11.9. The fourth-order valence-corrected chi connectivity index (χ4v) is 3.63. The van der Waals surface area contributed by atoms with Crippen LogP contribution in [0.5, 0.6) is 0 Å². The highest BCUT2D eigenvalue weighted by molar-refractivity contribution is 8.23. The van der Waals surface area contributed by atoms with E-state index in [0.29, 0.717) is 6.61 Å². The summed E-state index contributed by atoms with van der Waals surface area (Å²) >= 11 is 5.90. The molecule has 20 heavy (non-hydrogen) atoms. The van der Waals surface area contributed by atoms with Crippen LogP contribution in [0.1, 0.15) is 12.5 Å². The maximum Gasteiger partial charge on any atom is 0.220 e. The van der Waals surface area contributed by atoms with E-state index in [1.807, 2.05) is 6.92 Å². The summed E-state index contributed by atoms with van der Waals surface area (Å²) in [7, 11) is -3.58. The van der Waals surface area contributed by atoms with E-state index >= 15 is 0 Å². The minimum absolute atomic E-state index is 0.00389. The highest BCUT2D eigenvalue weighted by Gasteiger charge is 2.19. The standard InChI is InChI=1S/C13H16O4S3/c1-3-17-13(18)19-8-11(14)9-20(15,16)12-6-4-10(2)5-7-12/h4-7H,3,8-9H2,1-2H3. The van der Waals surface area contributed by atoms with E-state index in [-0.39, 0.29) is 15.0 Å². The second-order valence-electron chi connectivity index (χ2n) is 4.08. The molecule has 0 atom stereocenters. The van der Waals surface area contributed by atoms with Gasteiger partial charge in [-0.05, 0) is 38.2 Å². The van der Waals surface area contributed by atoms with Gasteiger partial charge in [0.25, 0.3) is 0 Å². The van der Waals surface area contributed by atoms with Crippen LogP contribution in [-0.2, 0) is 19.4 Å². The number of ketones is 1. The Morgan fingerprint density at radius 1 is 1.30 bits per heavy atom. The number of aryl methyl sites for hydroxylation is 1. The van der Waals surface area contributed by atoms with Crippen molar-refractivity contribution in [1.29, 1.82) is 0 Å². The first-order valence-electron chi connectivity index (χ1n) is 5.96. The molecule has 0 N–H and O–H groups in total. The van der Waals surface area contributed by atoms with E-state index in [2.05, 4.69) is 0 Å². The molecule has 0 saturated heterocycles. The lowest BCUT2D eigenvalue weighted by atomic mass is 10.2. The number of sulfone groups is 1. The van der Waals surface area contributed by atoms with Crippen molar-refractivity contribution >= 4 is 44.0 Å². The van der Waals surface area contributed by atoms with Gasteiger partial charge in [-0.1, -0.05) is 29.5 Å². The molecule has 0 saturated carbocycles. The van der Waals surface area contributed by atoms with Crippen LogP contribution in [0.2, 0.25) is 0 Å². The molecule has 0 unspecified atom stereocenters. The van der Waals surface area contributed by atoms with Crippen LogP contribution >= 0.6 is 24.0 Å². The Kier molecular flexibility index (Phi) is 6.64. The predicted octanol–water partition coefficient (Wildman–Crippen LogP) is 2.39. The van der Waals surface area contributed by atoms with E-state index in [1.165, 1.54) is 12.1 Å². The molecule has 110 valence electrons. The fraction of sp³-hybridized carbons (Fsp3) is 0.385. The van der Waals surface area contributed by atoms with Gasteiger partial charge in [0.1, 0.15) is 5.75 Å². The molecule has 1 aromatic rings. The van der Waals surface area contributed by atoms with Gasteiger partial charge in [-0.3, -0.25) is 4.79 Å². The Bertz CT molecular complexity index is 576. The molecule has 0 aliphatic carbocycles. The number of thioether (sulfide) groups is 1. The number of thiocarbonyl (C=S) groups is 1. The molecular weight excluding hydrogens is 316 g/mol. The molecule has 1 rings (SSSR count). The van der Waals surface area contributed by atoms with Crippen LogP contribution in [0, 0.1) is 6.92 Å². The van der Waals surface area contributed by atoms with Crippen LogP contribution in [0.15, 0.2) is 29.2 Å². The summed E-state index contributed by atoms with van der Waals surface area (Å²) in [6.07, 6.45) is 0. The van der Waals surface area contributed by atoms with Crippen molar-refractivity contribution in [1.82, 2.24) is 0 Å². The van der Waals surface area contributed by atoms with E-state index in [9.17, 15) is 13.2 Å². The van der Waals surface area contributed by atoms with Gasteiger partial charge in [-0.2, -0.15) is 0 Å². The minimum atomic E-state index is -3.58. The summed E-state index contributed by atoms with van der Waals surface area (Å²) in [5, 5.41) is 0. The zero-order chi connectivity index (χ0) is 15.2. The maximum atomic E-state index is 12.0. The Hall–Kier alpha value is -0.920. The number of benzene rings is 1. The summed E-state index contributed by atoms with van der Waals surface area (Å²) in [6.45, 7) is 4.09. The van der Waals surface area contributed by atoms with Gasteiger partial charge in [0.05, 0.1) is 17.3 Å². The first-order chi connectivity index (χ1) is 9.35. The van der Waals surface area contributed by atoms with Crippen molar-refractivity contribution in [2.75, 3.05) is 18.1 Å². The lowest BCUT2D eigenvalue weighted by Gasteiger charge is -2.05. The first-order valence-corrected chi connectivity index (χ1v) is 9.00. The van der Waals surface area contributed by atoms with E-state index < -0.39 is 21.4 Å². The van der Waals surface area contributed by atoms with Crippen molar-refractivity contribution in [3.63, 3.8) is 0 Å². The predicted molar refractivity (Wildman–Crippen MR) is 84.9 cm³/mol. The molecule has 0 amide bonds. The van der Waals surface area contributed by atoms with Gasteiger partial charge >= 0.3 is 0 Å². The van der Waals surface area contributed by atoms with Crippen LogP contribution in [0.3, 0.4) is 0 Å². The summed E-state index contributed by atoms with van der Waals surface area (Å²) in [6, 6.07) is 6.43. The highest BCUT2D eigenvalue weighted by atomic mass is 32.2. The SMILES string of the molecule is CCOC(=S)SCC(=O)CS(=O)(=O)c1ccc(C)cc1. The number of ether oxygens (including phenoxy) is 1. The Morgan fingerprint density at radius 2 is 1.90 bits per heavy atom. The highest BCUT2D eigenvalue weighted by Crippen LogP contribution is 2.14. The van der Waals surface area contributed by atoms with Gasteiger partial charge in [0.15, 0.2) is 15.6 Å². The average Bonchev–Trinajstić information content (AvgIpc) is 2.37. The lowest BCUT2D eigenvalue weighted by molar-refractivity contribution is -0.114. The van der Waals surface area contributed by atoms with Crippen LogP contribution in [0.4, 0.5) is 0 Å². The third-order valence-corrected chi connectivity index (χ3v) is 5.33. The molecule has 0 fully saturated rings. The molecule has 0 spiro atoms. The van der Waals surface area contributed by atoms with Crippen LogP contribution in [0.25, 0.3) is 0 Å². The number of hydrogen-bond acceptors (Lipinski definition) is 6. The summed E-state index contributed by atoms with van der Waals surface area (Å²) in [5.41, 5.74) is 0.966. The van der Waals surface area contributed by atoms with E-state index in [4.69, 9.17) is 17.0 Å². The van der Waals surface area contributed by atoms with Gasteiger partial charge in [-0.25, -0.2) is 8.42 Å². The quantitative estimate of drug-likeness (QED) is 0.746. The summed E-state index contributed by atoms with van der Waals surface area (Å²) < 4.78 is 29.3. The van der Waals surface area contributed by atoms with Crippen molar-refractivity contribution in [3.05, 3.63) is 29.8 Å². The van der Waals surface area contributed by atoms with Gasteiger partial charge < -0.3 is 4.74 Å². The maximum absolute atomic E-state index is 12.0. The van der Waals surface area contributed by atoms with Crippen molar-refractivity contribution in [2.24, 2.45) is 0 Å². The summed E-state index contributed by atoms with van der Waals surface area (Å²) in [5.74, 6) is -0.903. The fourth-order valence-electron chi connectivity index (χ4n) is 1.38. The van der Waals surface area contributed by atoms with Crippen LogP contribution < -0.4 is 0 Å². The Labute approximate surface area is 128 Å². The second-order valence-corrected chi connectivity index (χ2v) is 7.65. The normalized spacial score (nSPS) is 11.1. The Balaban J connectivity index is 2.60. The van der Waals surface area contributed by atoms with Crippen molar-refractivity contribution < 1.29 is 17.9 Å². The van der Waals surface area contributed by atoms with Crippen LogP contribution in [-0.4, -0.2) is 36.7 Å². The third kappa shape index (κ3) is 5.60. The Morgan fingerprint density at radius 3 is 2.45 bits per heavy atom. The monoisotopic (exact) mass is 332 g/mol. The van der Waals surface area contributed by atoms with Crippen molar-refractivity contribution in [3.8, 4) is 0 Å². The molecule has 1 aromatic carbocycles. The largest absolute Gasteiger partial charge is 0.479 e. The molecule has 0 heterocycles. The average molecular weight is 332 g/mol. The van der Waals surface area contributed by atoms with Crippen molar-refractivity contribution in [2.45, 2.75) is 18.7 Å². The van der Waals surface area contributed by atoms with Gasteiger partial charge in [0.2, 0.25) is 4.38 Å². The molecule has 0 bridgehead atoms. The third-order valence-electron chi connectivity index (χ3n) is 2.34. The molecule has 7 heteroatoms.